The van der Waals surface area contributed by atoms with Gasteiger partial charge in [-0.1, -0.05) is 23.5 Å². The number of nitrogens with zero attached hydrogens (tertiary/aromatic N) is 2. The summed E-state index contributed by atoms with van der Waals surface area (Å²) in [6.45, 7) is 0. The molecule has 0 amide bonds. The molecule has 0 N–H and O–H groups in total. The zero-order chi connectivity index (χ0) is 17.7. The van der Waals surface area contributed by atoms with Crippen molar-refractivity contribution in [2.45, 2.75) is 0 Å². The summed E-state index contributed by atoms with van der Waals surface area (Å²) in [5.41, 5.74) is 2.27. The second-order valence-electron chi connectivity index (χ2n) is 5.84. The van der Waals surface area contributed by atoms with Gasteiger partial charge >= 0.3 is 0 Å². The summed E-state index contributed by atoms with van der Waals surface area (Å²) in [7, 11) is 0. The maximum Gasteiger partial charge on any atom is 0.275 e. The van der Waals surface area contributed by atoms with E-state index in [9.17, 15) is 9.18 Å². The monoisotopic (exact) mass is 362 g/mol. The van der Waals surface area contributed by atoms with Gasteiger partial charge in [-0.15, -0.1) is 0 Å². The Morgan fingerprint density at radius 1 is 1.04 bits per heavy atom. The minimum atomic E-state index is -0.294. The zero-order valence-corrected chi connectivity index (χ0v) is 14.2. The Bertz CT molecular complexity index is 1360. The first kappa shape index (κ1) is 15.0. The van der Waals surface area contributed by atoms with Gasteiger partial charge in [0.05, 0.1) is 11.0 Å². The summed E-state index contributed by atoms with van der Waals surface area (Å²) in [5.74, 6) is 0.892. The van der Waals surface area contributed by atoms with Crippen molar-refractivity contribution in [3.8, 4) is 11.3 Å². The fourth-order valence-corrected chi connectivity index (χ4v) is 3.91. The second kappa shape index (κ2) is 5.64. The van der Waals surface area contributed by atoms with Crippen LogP contribution in [0.2, 0.25) is 0 Å². The standard InChI is InChI=1S/C20H11FN2O2S/c21-13-7-5-12(6-8-13)17-10-9-14(25-17)11-18-19(24)23-16-4-2-1-3-15(16)22-20(23)26-18/h1-11H. The van der Waals surface area contributed by atoms with Crippen LogP contribution in [-0.2, 0) is 0 Å². The summed E-state index contributed by atoms with van der Waals surface area (Å²) in [5, 5.41) is 0. The molecule has 0 aliphatic heterocycles. The van der Waals surface area contributed by atoms with Gasteiger partial charge < -0.3 is 4.42 Å². The van der Waals surface area contributed by atoms with E-state index in [1.165, 1.54) is 23.5 Å². The molecule has 3 heterocycles. The molecule has 3 aromatic heterocycles. The predicted octanol–water partition coefficient (Wildman–Crippen LogP) is 3.86. The van der Waals surface area contributed by atoms with Crippen molar-refractivity contribution in [1.82, 2.24) is 9.38 Å². The maximum atomic E-state index is 13.0. The molecule has 5 aromatic rings. The summed E-state index contributed by atoms with van der Waals surface area (Å²) in [6, 6.07) is 17.2. The van der Waals surface area contributed by atoms with Crippen LogP contribution in [0.4, 0.5) is 4.39 Å². The van der Waals surface area contributed by atoms with Gasteiger partial charge in [-0.3, -0.25) is 4.79 Å². The number of imidazole rings is 1. The van der Waals surface area contributed by atoms with E-state index in [2.05, 4.69) is 4.98 Å². The minimum absolute atomic E-state index is 0.113. The van der Waals surface area contributed by atoms with E-state index in [0.29, 0.717) is 21.0 Å². The third kappa shape index (κ3) is 2.34. The summed E-state index contributed by atoms with van der Waals surface area (Å²) >= 11 is 1.33. The highest BCUT2D eigenvalue weighted by molar-refractivity contribution is 7.15. The van der Waals surface area contributed by atoms with E-state index in [4.69, 9.17) is 4.42 Å². The van der Waals surface area contributed by atoms with Crippen LogP contribution >= 0.6 is 11.3 Å². The van der Waals surface area contributed by atoms with Gasteiger partial charge in [0.15, 0.2) is 4.96 Å². The first-order chi connectivity index (χ1) is 12.7. The molecule has 4 nitrogen and oxygen atoms in total. The Balaban J connectivity index is 1.62. The first-order valence-electron chi connectivity index (χ1n) is 7.96. The number of furan rings is 1. The van der Waals surface area contributed by atoms with E-state index in [1.54, 1.807) is 34.7 Å². The van der Waals surface area contributed by atoms with Crippen molar-refractivity contribution in [1.29, 1.82) is 0 Å². The molecule has 0 radical (unpaired) electrons. The van der Waals surface area contributed by atoms with E-state index in [0.717, 1.165) is 16.6 Å². The number of para-hydroxylation sites is 2. The fourth-order valence-electron chi connectivity index (χ4n) is 2.94. The lowest BCUT2D eigenvalue weighted by Gasteiger charge is -1.95. The summed E-state index contributed by atoms with van der Waals surface area (Å²) < 4.78 is 21.0. The van der Waals surface area contributed by atoms with Crippen LogP contribution in [-0.4, -0.2) is 9.38 Å². The van der Waals surface area contributed by atoms with Crippen LogP contribution in [0.1, 0.15) is 5.76 Å². The average molecular weight is 362 g/mol. The van der Waals surface area contributed by atoms with Crippen LogP contribution in [0, 0.1) is 5.82 Å². The van der Waals surface area contributed by atoms with Crippen LogP contribution in [0.5, 0.6) is 0 Å². The number of rotatable bonds is 2. The number of halogens is 1. The van der Waals surface area contributed by atoms with Crippen molar-refractivity contribution in [3.05, 3.63) is 87.1 Å². The molecule has 0 aliphatic rings. The molecule has 5 rings (SSSR count). The van der Waals surface area contributed by atoms with Crippen LogP contribution in [0.15, 0.2) is 69.9 Å². The Kier molecular flexibility index (Phi) is 3.26. The molecule has 0 spiro atoms. The molecule has 0 bridgehead atoms. The van der Waals surface area contributed by atoms with Crippen LogP contribution < -0.4 is 10.1 Å². The molecule has 0 atom stereocenters. The molecular formula is C20H11FN2O2S. The Labute approximate surface area is 150 Å². The SMILES string of the molecule is O=c1c(=Cc2ccc(-c3ccc(F)cc3)o2)sc2nc3ccccc3n12. The number of aromatic nitrogens is 2. The van der Waals surface area contributed by atoms with Crippen LogP contribution in [0.3, 0.4) is 0 Å². The Morgan fingerprint density at radius 3 is 2.69 bits per heavy atom. The zero-order valence-electron chi connectivity index (χ0n) is 13.3. The quantitative estimate of drug-likeness (QED) is 0.479. The highest BCUT2D eigenvalue weighted by atomic mass is 32.1. The Hall–Kier alpha value is -3.25. The van der Waals surface area contributed by atoms with Crippen molar-refractivity contribution < 1.29 is 8.81 Å². The third-order valence-electron chi connectivity index (χ3n) is 4.17. The summed E-state index contributed by atoms with van der Waals surface area (Å²) in [4.78, 5) is 17.9. The van der Waals surface area contributed by atoms with Gasteiger partial charge in [0.2, 0.25) is 0 Å². The van der Waals surface area contributed by atoms with E-state index in [-0.39, 0.29) is 11.4 Å². The molecule has 2 aromatic carbocycles. The van der Waals surface area contributed by atoms with Gasteiger partial charge in [0.1, 0.15) is 21.9 Å². The van der Waals surface area contributed by atoms with Crippen molar-refractivity contribution >= 4 is 33.4 Å². The largest absolute Gasteiger partial charge is 0.457 e. The lowest BCUT2D eigenvalue weighted by molar-refractivity contribution is 0.571. The molecule has 0 saturated heterocycles. The minimum Gasteiger partial charge on any atom is -0.457 e. The average Bonchev–Trinajstić information content (AvgIpc) is 3.32. The Morgan fingerprint density at radius 2 is 1.85 bits per heavy atom. The lowest BCUT2D eigenvalue weighted by Crippen LogP contribution is -2.22. The first-order valence-corrected chi connectivity index (χ1v) is 8.78. The van der Waals surface area contributed by atoms with Gasteiger partial charge in [0, 0.05) is 11.6 Å². The highest BCUT2D eigenvalue weighted by Gasteiger charge is 2.11. The number of hydrogen-bond donors (Lipinski definition) is 0. The lowest BCUT2D eigenvalue weighted by atomic mass is 10.2. The van der Waals surface area contributed by atoms with Crippen LogP contribution in [0.25, 0.3) is 33.4 Å². The van der Waals surface area contributed by atoms with Gasteiger partial charge in [-0.05, 0) is 48.5 Å². The number of hydrogen-bond acceptors (Lipinski definition) is 4. The van der Waals surface area contributed by atoms with Gasteiger partial charge in [0.25, 0.3) is 5.56 Å². The summed E-state index contributed by atoms with van der Waals surface area (Å²) in [6.07, 6.45) is 1.71. The van der Waals surface area contributed by atoms with E-state index >= 15 is 0 Å². The predicted molar refractivity (Wildman–Crippen MR) is 99.7 cm³/mol. The molecule has 6 heteroatoms. The molecule has 0 fully saturated rings. The van der Waals surface area contributed by atoms with Gasteiger partial charge in [-0.2, -0.15) is 0 Å². The van der Waals surface area contributed by atoms with E-state index < -0.39 is 0 Å². The number of thiazole rings is 1. The highest BCUT2D eigenvalue weighted by Crippen LogP contribution is 2.23. The molecule has 0 saturated carbocycles. The molecule has 26 heavy (non-hydrogen) atoms. The molecule has 0 aliphatic carbocycles. The van der Waals surface area contributed by atoms with Crippen molar-refractivity contribution in [3.63, 3.8) is 0 Å². The topological polar surface area (TPSA) is 47.5 Å². The van der Waals surface area contributed by atoms with E-state index in [1.807, 2.05) is 24.3 Å². The molecule has 126 valence electrons. The molecule has 0 unspecified atom stereocenters. The fraction of sp³-hybridized carbons (Fsp3) is 0. The maximum absolute atomic E-state index is 13.0. The van der Waals surface area contributed by atoms with Gasteiger partial charge in [-0.25, -0.2) is 13.8 Å². The number of fused-ring (bicyclic) bond motifs is 3. The number of benzene rings is 2. The smallest absolute Gasteiger partial charge is 0.275 e. The second-order valence-corrected chi connectivity index (χ2v) is 6.85. The molecular weight excluding hydrogens is 351 g/mol. The van der Waals surface area contributed by atoms with Crippen molar-refractivity contribution in [2.24, 2.45) is 0 Å². The third-order valence-corrected chi connectivity index (χ3v) is 5.14. The normalized spacial score (nSPS) is 12.4. The van der Waals surface area contributed by atoms with Crippen molar-refractivity contribution in [2.75, 3.05) is 0 Å².